The summed E-state index contributed by atoms with van der Waals surface area (Å²) in [5.41, 5.74) is 12.4. The van der Waals surface area contributed by atoms with E-state index < -0.39 is 34.9 Å². The molecule has 118 valence electrons. The fraction of sp³-hybridized carbons (Fsp3) is 0.500. The first-order valence-corrected chi connectivity index (χ1v) is 11.5. The van der Waals surface area contributed by atoms with Gasteiger partial charge in [0, 0.05) is 6.04 Å². The van der Waals surface area contributed by atoms with Crippen LogP contribution in [0.2, 0.25) is 0 Å². The van der Waals surface area contributed by atoms with Crippen LogP contribution in [0.15, 0.2) is 30.3 Å². The van der Waals surface area contributed by atoms with Crippen LogP contribution in [0, 0.1) is 0 Å². The van der Waals surface area contributed by atoms with Crippen molar-refractivity contribution in [2.24, 2.45) is 11.5 Å². The van der Waals surface area contributed by atoms with Crippen LogP contribution in [0.1, 0.15) is 5.56 Å². The molecule has 1 aromatic rings. The van der Waals surface area contributed by atoms with Gasteiger partial charge in [-0.2, -0.15) is 0 Å². The van der Waals surface area contributed by atoms with Crippen LogP contribution in [0.3, 0.4) is 0 Å². The quantitative estimate of drug-likeness (QED) is 0.571. The van der Waals surface area contributed by atoms with E-state index in [9.17, 15) is 5.11 Å². The van der Waals surface area contributed by atoms with E-state index in [-0.39, 0.29) is 6.04 Å². The molecule has 0 saturated carbocycles. The summed E-state index contributed by atoms with van der Waals surface area (Å²) in [6, 6.07) is 8.83. The van der Waals surface area contributed by atoms with E-state index >= 15 is 0 Å². The molecule has 1 unspecified atom stereocenters. The summed E-state index contributed by atoms with van der Waals surface area (Å²) in [4.78, 5) is 0. The van der Waals surface area contributed by atoms with Crippen molar-refractivity contribution in [3.8, 4) is 0 Å². The molecular formula is C12H18Cl2N2O3Pt. The van der Waals surface area contributed by atoms with Crippen molar-refractivity contribution in [1.82, 2.24) is 0 Å². The normalized spacial score (nSPS) is 29.6. The number of nitrogens with two attached hydrogens (primary N) is 2. The zero-order chi connectivity index (χ0) is 15.0. The molecule has 0 aliphatic carbocycles. The predicted molar refractivity (Wildman–Crippen MR) is 74.6 cm³/mol. The van der Waals surface area contributed by atoms with E-state index in [0.29, 0.717) is 13.2 Å². The van der Waals surface area contributed by atoms with Crippen LogP contribution in [0.5, 0.6) is 0 Å². The Morgan fingerprint density at radius 1 is 1.30 bits per heavy atom. The molecule has 0 aromatic heterocycles. The zero-order valence-corrected chi connectivity index (χ0v) is 14.4. The molecule has 20 heavy (non-hydrogen) atoms. The minimum absolute atomic E-state index is 0.303. The molecule has 1 aromatic carbocycles. The van der Waals surface area contributed by atoms with E-state index in [1.54, 1.807) is 0 Å². The van der Waals surface area contributed by atoms with E-state index in [1.807, 2.05) is 30.3 Å². The first-order valence-electron chi connectivity index (χ1n) is 5.89. The number of rotatable bonds is 3. The van der Waals surface area contributed by atoms with Crippen LogP contribution in [0.25, 0.3) is 0 Å². The van der Waals surface area contributed by atoms with Gasteiger partial charge in [0.2, 0.25) is 0 Å². The summed E-state index contributed by atoms with van der Waals surface area (Å²) < 4.78 is 10.8. The van der Waals surface area contributed by atoms with Crippen LogP contribution in [-0.2, 0) is 32.6 Å². The molecule has 8 heteroatoms. The van der Waals surface area contributed by atoms with Crippen molar-refractivity contribution in [3.05, 3.63) is 35.9 Å². The first kappa shape index (κ1) is 18.3. The Morgan fingerprint density at radius 2 is 1.90 bits per heavy atom. The third-order valence-corrected chi connectivity index (χ3v) is 2.88. The maximum atomic E-state index is 9.83. The third-order valence-electron chi connectivity index (χ3n) is 2.88. The van der Waals surface area contributed by atoms with Crippen molar-refractivity contribution in [3.63, 3.8) is 0 Å². The second-order valence-electron chi connectivity index (χ2n) is 4.28. The van der Waals surface area contributed by atoms with Crippen molar-refractivity contribution in [2.45, 2.75) is 31.1 Å². The van der Waals surface area contributed by atoms with Gasteiger partial charge in [-0.05, 0) is 5.56 Å². The minimum atomic E-state index is -0.887. The number of ether oxygens (including phenoxy) is 2. The van der Waals surface area contributed by atoms with E-state index in [1.165, 1.54) is 0 Å². The van der Waals surface area contributed by atoms with Gasteiger partial charge in [-0.1, -0.05) is 30.3 Å². The second kappa shape index (κ2) is 10.1. The Balaban J connectivity index is 0.000000612. The Hall–Kier alpha value is 0.288. The molecule has 1 saturated heterocycles. The van der Waals surface area contributed by atoms with Gasteiger partial charge in [0.1, 0.15) is 6.10 Å². The summed E-state index contributed by atoms with van der Waals surface area (Å²) >= 11 is -0.472. The van der Waals surface area contributed by atoms with Crippen molar-refractivity contribution < 1.29 is 31.1 Å². The van der Waals surface area contributed by atoms with Gasteiger partial charge in [-0.25, -0.2) is 0 Å². The van der Waals surface area contributed by atoms with Crippen LogP contribution < -0.4 is 11.5 Å². The molecule has 2 rings (SSSR count). The summed E-state index contributed by atoms with van der Waals surface area (Å²) in [7, 11) is 9.75. The van der Waals surface area contributed by atoms with Gasteiger partial charge >= 0.3 is 35.3 Å². The van der Waals surface area contributed by atoms with Gasteiger partial charge < -0.3 is 26.0 Å². The van der Waals surface area contributed by atoms with Crippen LogP contribution >= 0.6 is 18.8 Å². The monoisotopic (exact) mass is 503 g/mol. The Morgan fingerprint density at radius 3 is 2.50 bits per heavy atom. The molecule has 1 aliphatic rings. The van der Waals surface area contributed by atoms with E-state index in [4.69, 9.17) is 39.8 Å². The van der Waals surface area contributed by atoms with Crippen LogP contribution in [-0.4, -0.2) is 36.2 Å². The molecule has 5 N–H and O–H groups in total. The molecule has 0 radical (unpaired) electrons. The summed E-state index contributed by atoms with van der Waals surface area (Å²) in [6.45, 7) is 0.683. The fourth-order valence-electron chi connectivity index (χ4n) is 1.75. The third kappa shape index (κ3) is 5.96. The standard InChI is InChI=1S/C12H18N2O3.2ClH.Pt/c13-9-7-17-12(11(15)10(9)14)16-6-8-4-2-1-3-5-8;;;/h1-5,9-12,15H,6-7,13-14H2;2*1H;/q;;;+2/p-2/t9-,10+,11-,12?;;;/m0.../s1. The number of hydrogen-bond acceptors (Lipinski definition) is 5. The second-order valence-corrected chi connectivity index (χ2v) is 7.56. The molecule has 0 bridgehead atoms. The number of hydrogen-bond donors (Lipinski definition) is 3. The van der Waals surface area contributed by atoms with Gasteiger partial charge in [0.25, 0.3) is 0 Å². The summed E-state index contributed by atoms with van der Waals surface area (Å²) in [6.07, 6.45) is -1.59. The van der Waals surface area contributed by atoms with Gasteiger partial charge in [-0.3, -0.25) is 0 Å². The first-order chi connectivity index (χ1) is 9.60. The maximum absolute atomic E-state index is 9.83. The van der Waals surface area contributed by atoms with Gasteiger partial charge in [0.15, 0.2) is 6.29 Å². The summed E-state index contributed by atoms with van der Waals surface area (Å²) in [5, 5.41) is 9.83. The van der Waals surface area contributed by atoms with E-state index in [0.717, 1.165) is 5.56 Å². The number of aliphatic hydroxyl groups excluding tert-OH is 1. The Labute approximate surface area is 134 Å². The van der Waals surface area contributed by atoms with Crippen molar-refractivity contribution >= 4 is 18.8 Å². The molecule has 1 heterocycles. The zero-order valence-electron chi connectivity index (χ0n) is 10.6. The molecule has 1 aliphatic heterocycles. The average molecular weight is 504 g/mol. The van der Waals surface area contributed by atoms with Crippen molar-refractivity contribution in [2.75, 3.05) is 6.61 Å². The van der Waals surface area contributed by atoms with Gasteiger partial charge in [-0.15, -0.1) is 0 Å². The number of aliphatic hydroxyl groups is 1. The molecule has 4 atom stereocenters. The molecular weight excluding hydrogens is 486 g/mol. The van der Waals surface area contributed by atoms with Gasteiger partial charge in [0.05, 0.1) is 19.3 Å². The predicted octanol–water partition coefficient (Wildman–Crippen LogP) is 0.951. The molecule has 0 spiro atoms. The Kier molecular flexibility index (Phi) is 9.25. The van der Waals surface area contributed by atoms with Crippen molar-refractivity contribution in [1.29, 1.82) is 0 Å². The topological polar surface area (TPSA) is 90.7 Å². The van der Waals surface area contributed by atoms with E-state index in [2.05, 4.69) is 0 Å². The average Bonchev–Trinajstić information content (AvgIpc) is 2.46. The number of halogens is 2. The Bertz CT molecular complexity index is 375. The number of benzene rings is 1. The fourth-order valence-corrected chi connectivity index (χ4v) is 1.75. The molecule has 0 amide bonds. The van der Waals surface area contributed by atoms with Crippen LogP contribution in [0.4, 0.5) is 0 Å². The summed E-state index contributed by atoms with van der Waals surface area (Å²) in [5.74, 6) is 0. The molecule has 1 fully saturated rings. The molecule has 5 nitrogen and oxygen atoms in total. The SMILES string of the molecule is N[C@H]1[C@H](O)C(OCc2ccccc2)OC[C@@H]1N.[Cl][Pt][Cl].